The molecule has 1 aromatic carbocycles. The Morgan fingerprint density at radius 2 is 1.70 bits per heavy atom. The molecule has 0 saturated heterocycles. The van der Waals surface area contributed by atoms with E-state index in [0.717, 1.165) is 5.56 Å². The van der Waals surface area contributed by atoms with Crippen LogP contribution in [0, 0.1) is 13.8 Å². The fourth-order valence-electron chi connectivity index (χ4n) is 2.09. The van der Waals surface area contributed by atoms with E-state index in [9.17, 15) is 8.42 Å². The Balaban J connectivity index is 2.34. The van der Waals surface area contributed by atoms with Gasteiger partial charge in [0.1, 0.15) is 5.75 Å². The van der Waals surface area contributed by atoms with Gasteiger partial charge in [0.15, 0.2) is 0 Å². The molecule has 0 atom stereocenters. The number of benzene rings is 1. The quantitative estimate of drug-likeness (QED) is 0.898. The van der Waals surface area contributed by atoms with Gasteiger partial charge < -0.3 is 9.64 Å². The van der Waals surface area contributed by atoms with Gasteiger partial charge in [-0.15, -0.1) is 0 Å². The first-order chi connectivity index (χ1) is 10.7. The normalized spacial score (nSPS) is 11.2. The van der Waals surface area contributed by atoms with Crippen LogP contribution < -0.4 is 14.4 Å². The molecule has 2 aromatic rings. The SMILES string of the molecule is COc1cc(C)c(S(=O)(=O)Nc2cnc(N(C)C)nc2)cc1C. The van der Waals surface area contributed by atoms with Crippen molar-refractivity contribution in [1.82, 2.24) is 9.97 Å². The molecule has 0 saturated carbocycles. The molecule has 0 unspecified atom stereocenters. The third kappa shape index (κ3) is 3.70. The average molecular weight is 336 g/mol. The number of nitrogens with one attached hydrogen (secondary N) is 1. The van der Waals surface area contributed by atoms with Crippen molar-refractivity contribution in [1.29, 1.82) is 0 Å². The summed E-state index contributed by atoms with van der Waals surface area (Å²) < 4.78 is 32.9. The lowest BCUT2D eigenvalue weighted by Gasteiger charge is -2.14. The van der Waals surface area contributed by atoms with Gasteiger partial charge in [0.25, 0.3) is 10.0 Å². The van der Waals surface area contributed by atoms with Crippen LogP contribution in [0.2, 0.25) is 0 Å². The number of rotatable bonds is 5. The van der Waals surface area contributed by atoms with E-state index in [4.69, 9.17) is 4.74 Å². The van der Waals surface area contributed by atoms with Gasteiger partial charge in [-0.25, -0.2) is 18.4 Å². The number of sulfonamides is 1. The van der Waals surface area contributed by atoms with Crippen molar-refractivity contribution in [3.63, 3.8) is 0 Å². The lowest BCUT2D eigenvalue weighted by Crippen LogP contribution is -2.16. The highest BCUT2D eigenvalue weighted by Gasteiger charge is 2.19. The Labute approximate surface area is 136 Å². The molecule has 0 aliphatic heterocycles. The summed E-state index contributed by atoms with van der Waals surface area (Å²) in [7, 11) is 1.45. The van der Waals surface area contributed by atoms with E-state index in [1.54, 1.807) is 38.0 Å². The van der Waals surface area contributed by atoms with Crippen LogP contribution >= 0.6 is 0 Å². The molecule has 124 valence electrons. The summed E-state index contributed by atoms with van der Waals surface area (Å²) >= 11 is 0. The van der Waals surface area contributed by atoms with Crippen LogP contribution in [0.15, 0.2) is 29.4 Å². The lowest BCUT2D eigenvalue weighted by molar-refractivity contribution is 0.411. The second-order valence-corrected chi connectivity index (χ2v) is 7.01. The predicted octanol–water partition coefficient (Wildman–Crippen LogP) is 1.97. The van der Waals surface area contributed by atoms with Crippen LogP contribution in [0.4, 0.5) is 11.6 Å². The number of methoxy groups -OCH3 is 1. The zero-order chi connectivity index (χ0) is 17.2. The Morgan fingerprint density at radius 3 is 2.22 bits per heavy atom. The first-order valence-corrected chi connectivity index (χ1v) is 8.40. The third-order valence-electron chi connectivity index (χ3n) is 3.27. The zero-order valence-electron chi connectivity index (χ0n) is 13.8. The number of nitrogens with zero attached hydrogens (tertiary/aromatic N) is 3. The minimum atomic E-state index is -3.72. The van der Waals surface area contributed by atoms with Crippen molar-refractivity contribution < 1.29 is 13.2 Å². The number of ether oxygens (including phenoxy) is 1. The van der Waals surface area contributed by atoms with E-state index in [2.05, 4.69) is 14.7 Å². The third-order valence-corrected chi connectivity index (χ3v) is 4.80. The first kappa shape index (κ1) is 17.0. The Bertz CT molecular complexity index is 802. The smallest absolute Gasteiger partial charge is 0.262 e. The summed E-state index contributed by atoms with van der Waals surface area (Å²) in [6.07, 6.45) is 2.87. The molecule has 0 fully saturated rings. The predicted molar refractivity (Wildman–Crippen MR) is 89.6 cm³/mol. The number of aryl methyl sites for hydroxylation is 2. The van der Waals surface area contributed by atoms with Gasteiger partial charge in [-0.2, -0.15) is 0 Å². The maximum absolute atomic E-state index is 12.6. The molecule has 1 N–H and O–H groups in total. The van der Waals surface area contributed by atoms with Crippen molar-refractivity contribution in [2.24, 2.45) is 0 Å². The molecule has 0 aliphatic rings. The number of hydrogen-bond donors (Lipinski definition) is 1. The topological polar surface area (TPSA) is 84.4 Å². The van der Waals surface area contributed by atoms with Crippen molar-refractivity contribution in [2.75, 3.05) is 30.8 Å². The summed E-state index contributed by atoms with van der Waals surface area (Å²) in [6, 6.07) is 3.29. The minimum absolute atomic E-state index is 0.201. The van der Waals surface area contributed by atoms with E-state index in [0.29, 0.717) is 22.9 Å². The maximum Gasteiger partial charge on any atom is 0.262 e. The van der Waals surface area contributed by atoms with Crippen molar-refractivity contribution in [3.8, 4) is 5.75 Å². The van der Waals surface area contributed by atoms with E-state index in [1.807, 2.05) is 14.1 Å². The van der Waals surface area contributed by atoms with Gasteiger partial charge >= 0.3 is 0 Å². The first-order valence-electron chi connectivity index (χ1n) is 6.92. The van der Waals surface area contributed by atoms with Crippen LogP contribution in [0.25, 0.3) is 0 Å². The summed E-state index contributed by atoms with van der Waals surface area (Å²) in [5.74, 6) is 1.16. The molecular weight excluding hydrogens is 316 g/mol. The van der Waals surface area contributed by atoms with Crippen molar-refractivity contribution in [2.45, 2.75) is 18.7 Å². The van der Waals surface area contributed by atoms with Crippen molar-refractivity contribution in [3.05, 3.63) is 35.7 Å². The fourth-order valence-corrected chi connectivity index (χ4v) is 3.43. The van der Waals surface area contributed by atoms with E-state index < -0.39 is 10.0 Å². The van der Waals surface area contributed by atoms with E-state index in [1.165, 1.54) is 12.4 Å². The Hall–Kier alpha value is -2.35. The van der Waals surface area contributed by atoms with Gasteiger partial charge in [-0.05, 0) is 37.1 Å². The molecule has 0 radical (unpaired) electrons. The lowest BCUT2D eigenvalue weighted by atomic mass is 10.1. The molecule has 0 spiro atoms. The highest BCUT2D eigenvalue weighted by Crippen LogP contribution is 2.26. The largest absolute Gasteiger partial charge is 0.496 e. The van der Waals surface area contributed by atoms with Gasteiger partial charge in [0, 0.05) is 14.1 Å². The van der Waals surface area contributed by atoms with Gasteiger partial charge in [0.05, 0.1) is 30.1 Å². The monoisotopic (exact) mass is 336 g/mol. The summed E-state index contributed by atoms with van der Waals surface area (Å²) in [6.45, 7) is 3.52. The Kier molecular flexibility index (Phi) is 4.74. The second kappa shape index (κ2) is 6.41. The van der Waals surface area contributed by atoms with Crippen LogP contribution in [0.5, 0.6) is 5.75 Å². The molecular formula is C15H20N4O3S. The van der Waals surface area contributed by atoms with Gasteiger partial charge in [-0.3, -0.25) is 4.72 Å². The highest BCUT2D eigenvalue weighted by molar-refractivity contribution is 7.92. The molecule has 23 heavy (non-hydrogen) atoms. The average Bonchev–Trinajstić information content (AvgIpc) is 2.49. The molecule has 0 amide bonds. The maximum atomic E-state index is 12.6. The summed E-state index contributed by atoms with van der Waals surface area (Å²) in [4.78, 5) is 10.1. The molecule has 1 aromatic heterocycles. The fraction of sp³-hybridized carbons (Fsp3) is 0.333. The zero-order valence-corrected chi connectivity index (χ0v) is 14.6. The number of anilines is 2. The Morgan fingerprint density at radius 1 is 1.09 bits per heavy atom. The summed E-state index contributed by atoms with van der Waals surface area (Å²) in [5.41, 5.74) is 1.66. The van der Waals surface area contributed by atoms with Crippen LogP contribution in [0.3, 0.4) is 0 Å². The molecule has 8 heteroatoms. The number of hydrogen-bond acceptors (Lipinski definition) is 6. The molecule has 1 heterocycles. The number of aromatic nitrogens is 2. The molecule has 0 aliphatic carbocycles. The molecule has 0 bridgehead atoms. The standard InChI is InChI=1S/C15H20N4O3S/c1-10-7-14(11(2)6-13(10)22-5)23(20,21)18-12-8-16-15(17-9-12)19(3)4/h6-9,18H,1-5H3. The van der Waals surface area contributed by atoms with Crippen LogP contribution in [-0.2, 0) is 10.0 Å². The van der Waals surface area contributed by atoms with Gasteiger partial charge in [0.2, 0.25) is 5.95 Å². The summed E-state index contributed by atoms with van der Waals surface area (Å²) in [5, 5.41) is 0. The highest BCUT2D eigenvalue weighted by atomic mass is 32.2. The van der Waals surface area contributed by atoms with E-state index >= 15 is 0 Å². The van der Waals surface area contributed by atoms with E-state index in [-0.39, 0.29) is 4.90 Å². The van der Waals surface area contributed by atoms with Crippen LogP contribution in [0.1, 0.15) is 11.1 Å². The molecule has 2 rings (SSSR count). The minimum Gasteiger partial charge on any atom is -0.496 e. The second-order valence-electron chi connectivity index (χ2n) is 5.36. The van der Waals surface area contributed by atoms with Crippen molar-refractivity contribution >= 4 is 21.7 Å². The van der Waals surface area contributed by atoms with Gasteiger partial charge in [-0.1, -0.05) is 0 Å². The van der Waals surface area contributed by atoms with Crippen LogP contribution in [-0.4, -0.2) is 39.6 Å². The molecule has 7 nitrogen and oxygen atoms in total.